The fourth-order valence-corrected chi connectivity index (χ4v) is 2.38. The summed E-state index contributed by atoms with van der Waals surface area (Å²) in [5, 5.41) is 3.41. The Kier molecular flexibility index (Phi) is 12.1. The number of thioether (sulfide) groups is 1. The molecule has 0 radical (unpaired) electrons. The van der Waals surface area contributed by atoms with E-state index in [0.717, 1.165) is 19.0 Å². The number of hydrogen-bond donors (Lipinski definition) is 1. The maximum atomic E-state index is 4.33. The van der Waals surface area contributed by atoms with Crippen molar-refractivity contribution in [2.45, 2.75) is 19.4 Å². The Morgan fingerprint density at radius 1 is 1.25 bits per heavy atom. The zero-order valence-corrected chi connectivity index (χ0v) is 15.8. The smallest absolute Gasteiger partial charge is 0.193 e. The van der Waals surface area contributed by atoms with Crippen LogP contribution in [0.2, 0.25) is 0 Å². The van der Waals surface area contributed by atoms with Crippen LogP contribution >= 0.6 is 35.7 Å². The molecule has 0 saturated carbocycles. The SMILES string of the molecule is CN=C(NCCCCSC)N(C)Cc1ccccc1.I. The normalized spacial score (nSPS) is 10.8. The lowest BCUT2D eigenvalue weighted by atomic mass is 10.2. The van der Waals surface area contributed by atoms with Gasteiger partial charge in [0.05, 0.1) is 0 Å². The van der Waals surface area contributed by atoms with E-state index >= 15 is 0 Å². The third kappa shape index (κ3) is 7.99. The van der Waals surface area contributed by atoms with Crippen molar-refractivity contribution in [1.82, 2.24) is 10.2 Å². The van der Waals surface area contributed by atoms with Crippen molar-refractivity contribution in [3.63, 3.8) is 0 Å². The highest BCUT2D eigenvalue weighted by Gasteiger charge is 2.05. The first kappa shape index (κ1) is 19.6. The highest BCUT2D eigenvalue weighted by Crippen LogP contribution is 2.03. The van der Waals surface area contributed by atoms with E-state index in [9.17, 15) is 0 Å². The van der Waals surface area contributed by atoms with Crippen LogP contribution in [0.5, 0.6) is 0 Å². The second-order valence-corrected chi connectivity index (χ2v) is 5.50. The molecule has 1 rings (SSSR count). The van der Waals surface area contributed by atoms with Gasteiger partial charge in [-0.25, -0.2) is 0 Å². The van der Waals surface area contributed by atoms with Gasteiger partial charge in [-0.2, -0.15) is 11.8 Å². The summed E-state index contributed by atoms with van der Waals surface area (Å²) in [6, 6.07) is 10.5. The molecule has 0 bridgehead atoms. The number of rotatable bonds is 7. The summed E-state index contributed by atoms with van der Waals surface area (Å²) in [7, 11) is 3.91. The van der Waals surface area contributed by atoms with Gasteiger partial charge >= 0.3 is 0 Å². The van der Waals surface area contributed by atoms with Gasteiger partial charge in [0.1, 0.15) is 0 Å². The van der Waals surface area contributed by atoms with Crippen molar-refractivity contribution < 1.29 is 0 Å². The van der Waals surface area contributed by atoms with Gasteiger partial charge in [-0.05, 0) is 30.4 Å². The van der Waals surface area contributed by atoms with Crippen LogP contribution in [0.15, 0.2) is 35.3 Å². The molecular formula is C15H26IN3S. The molecule has 3 nitrogen and oxygen atoms in total. The molecule has 0 aliphatic carbocycles. The number of unbranched alkanes of at least 4 members (excludes halogenated alkanes) is 1. The highest BCUT2D eigenvalue weighted by atomic mass is 127. The zero-order chi connectivity index (χ0) is 13.9. The predicted octanol–water partition coefficient (Wildman–Crippen LogP) is 3.46. The third-order valence-corrected chi connectivity index (χ3v) is 3.59. The van der Waals surface area contributed by atoms with Crippen LogP contribution in [-0.4, -0.2) is 43.5 Å². The molecule has 0 atom stereocenters. The summed E-state index contributed by atoms with van der Waals surface area (Å²) >= 11 is 1.91. The molecule has 20 heavy (non-hydrogen) atoms. The lowest BCUT2D eigenvalue weighted by Gasteiger charge is -2.22. The lowest BCUT2D eigenvalue weighted by Crippen LogP contribution is -2.38. The van der Waals surface area contributed by atoms with Crippen LogP contribution in [-0.2, 0) is 6.54 Å². The fraction of sp³-hybridized carbons (Fsp3) is 0.533. The molecule has 0 aliphatic heterocycles. The number of halogens is 1. The van der Waals surface area contributed by atoms with E-state index < -0.39 is 0 Å². The first-order valence-corrected chi connectivity index (χ1v) is 8.12. The molecule has 0 amide bonds. The molecule has 1 N–H and O–H groups in total. The Morgan fingerprint density at radius 2 is 1.95 bits per heavy atom. The predicted molar refractivity (Wildman–Crippen MR) is 102 cm³/mol. The average Bonchev–Trinajstić information content (AvgIpc) is 2.44. The molecule has 114 valence electrons. The summed E-state index contributed by atoms with van der Waals surface area (Å²) in [6.07, 6.45) is 4.60. The molecule has 0 aromatic heterocycles. The number of nitrogens with zero attached hydrogens (tertiary/aromatic N) is 2. The molecule has 0 fully saturated rings. The van der Waals surface area contributed by atoms with Crippen LogP contribution in [0.3, 0.4) is 0 Å². The van der Waals surface area contributed by atoms with Crippen molar-refractivity contribution >= 4 is 41.7 Å². The molecule has 0 unspecified atom stereocenters. The van der Waals surface area contributed by atoms with Crippen LogP contribution in [0.1, 0.15) is 18.4 Å². The highest BCUT2D eigenvalue weighted by molar-refractivity contribution is 14.0. The number of benzene rings is 1. The van der Waals surface area contributed by atoms with E-state index in [-0.39, 0.29) is 24.0 Å². The van der Waals surface area contributed by atoms with Crippen molar-refractivity contribution in [1.29, 1.82) is 0 Å². The second-order valence-electron chi connectivity index (χ2n) is 4.52. The maximum absolute atomic E-state index is 4.33. The van der Waals surface area contributed by atoms with Gasteiger partial charge in [-0.3, -0.25) is 4.99 Å². The third-order valence-electron chi connectivity index (χ3n) is 2.89. The van der Waals surface area contributed by atoms with Gasteiger partial charge in [-0.1, -0.05) is 30.3 Å². The summed E-state index contributed by atoms with van der Waals surface area (Å²) in [6.45, 7) is 1.87. The molecule has 1 aromatic carbocycles. The minimum atomic E-state index is 0. The minimum absolute atomic E-state index is 0. The first-order valence-electron chi connectivity index (χ1n) is 6.72. The van der Waals surface area contributed by atoms with Crippen molar-refractivity contribution in [3.8, 4) is 0 Å². The molecular weight excluding hydrogens is 381 g/mol. The molecule has 1 aromatic rings. The van der Waals surface area contributed by atoms with E-state index in [1.54, 1.807) is 0 Å². The summed E-state index contributed by atoms with van der Waals surface area (Å²) in [5.41, 5.74) is 1.30. The van der Waals surface area contributed by atoms with Crippen LogP contribution in [0.25, 0.3) is 0 Å². The topological polar surface area (TPSA) is 27.6 Å². The fourth-order valence-electron chi connectivity index (χ4n) is 1.89. The Labute approximate surface area is 144 Å². The molecule has 0 saturated heterocycles. The number of hydrogen-bond acceptors (Lipinski definition) is 2. The summed E-state index contributed by atoms with van der Waals surface area (Å²) in [5.74, 6) is 2.20. The second kappa shape index (κ2) is 12.3. The van der Waals surface area contributed by atoms with Gasteiger partial charge in [0, 0.05) is 27.2 Å². The summed E-state index contributed by atoms with van der Waals surface area (Å²) in [4.78, 5) is 6.48. The molecule has 0 aliphatic rings. The average molecular weight is 407 g/mol. The van der Waals surface area contributed by atoms with E-state index in [1.165, 1.54) is 24.2 Å². The van der Waals surface area contributed by atoms with Crippen molar-refractivity contribution in [2.75, 3.05) is 32.6 Å². The van der Waals surface area contributed by atoms with E-state index in [2.05, 4.69) is 52.8 Å². The number of aliphatic imine (C=N–C) groups is 1. The Morgan fingerprint density at radius 3 is 2.55 bits per heavy atom. The van der Waals surface area contributed by atoms with Gasteiger partial charge in [0.2, 0.25) is 0 Å². The van der Waals surface area contributed by atoms with Gasteiger partial charge < -0.3 is 10.2 Å². The first-order chi connectivity index (χ1) is 9.27. The Balaban J connectivity index is 0.00000361. The zero-order valence-electron chi connectivity index (χ0n) is 12.6. The summed E-state index contributed by atoms with van der Waals surface area (Å²) < 4.78 is 0. The Hall–Kier alpha value is -0.430. The van der Waals surface area contributed by atoms with Crippen molar-refractivity contribution in [2.24, 2.45) is 4.99 Å². The molecule has 5 heteroatoms. The number of nitrogens with one attached hydrogen (secondary N) is 1. The minimum Gasteiger partial charge on any atom is -0.356 e. The van der Waals surface area contributed by atoms with E-state index in [1.807, 2.05) is 24.9 Å². The standard InChI is InChI=1S/C15H25N3S.HI/c1-16-15(17-11-7-8-12-19-3)18(2)13-14-9-5-4-6-10-14;/h4-6,9-10H,7-8,11-13H2,1-3H3,(H,16,17);1H. The van der Waals surface area contributed by atoms with Crippen LogP contribution < -0.4 is 5.32 Å². The van der Waals surface area contributed by atoms with Gasteiger partial charge in [0.25, 0.3) is 0 Å². The van der Waals surface area contributed by atoms with Crippen molar-refractivity contribution in [3.05, 3.63) is 35.9 Å². The van der Waals surface area contributed by atoms with Gasteiger partial charge in [0.15, 0.2) is 5.96 Å². The Bertz CT molecular complexity index is 371. The van der Waals surface area contributed by atoms with E-state index in [0.29, 0.717) is 0 Å². The quantitative estimate of drug-likeness (QED) is 0.325. The molecule has 0 heterocycles. The molecule has 0 spiro atoms. The van der Waals surface area contributed by atoms with E-state index in [4.69, 9.17) is 0 Å². The number of guanidine groups is 1. The van der Waals surface area contributed by atoms with Gasteiger partial charge in [-0.15, -0.1) is 24.0 Å². The lowest BCUT2D eigenvalue weighted by molar-refractivity contribution is 0.475. The maximum Gasteiger partial charge on any atom is 0.193 e. The van der Waals surface area contributed by atoms with Crippen LogP contribution in [0, 0.1) is 0 Å². The largest absolute Gasteiger partial charge is 0.356 e. The monoisotopic (exact) mass is 407 g/mol. The van der Waals surface area contributed by atoms with Crippen LogP contribution in [0.4, 0.5) is 0 Å².